The first kappa shape index (κ1) is 8.24. The number of amides is 1. The molecule has 0 bridgehead atoms. The molecule has 11 heavy (non-hydrogen) atoms. The summed E-state index contributed by atoms with van der Waals surface area (Å²) in [6, 6.07) is 0. The third-order valence-electron chi connectivity index (χ3n) is 1.94. The van der Waals surface area contributed by atoms with Gasteiger partial charge in [0.05, 0.1) is 0 Å². The van der Waals surface area contributed by atoms with Crippen LogP contribution >= 0.6 is 0 Å². The quantitative estimate of drug-likeness (QED) is 0.595. The van der Waals surface area contributed by atoms with Gasteiger partial charge in [-0.05, 0) is 13.8 Å². The summed E-state index contributed by atoms with van der Waals surface area (Å²) in [7, 11) is 0. The standard InChI is InChI=1S/C8H14N2O/c1-3-10(4-2)7-5-6-8(11)9-7/h3-6H2,1-2H3. The molecule has 3 heteroatoms. The lowest BCUT2D eigenvalue weighted by atomic mass is 10.3. The van der Waals surface area contributed by atoms with Crippen molar-refractivity contribution in [2.24, 2.45) is 4.99 Å². The van der Waals surface area contributed by atoms with Crippen molar-refractivity contribution in [2.45, 2.75) is 26.7 Å². The van der Waals surface area contributed by atoms with Gasteiger partial charge in [0.15, 0.2) is 0 Å². The maximum atomic E-state index is 10.8. The van der Waals surface area contributed by atoms with Crippen molar-refractivity contribution in [3.63, 3.8) is 0 Å². The predicted molar refractivity (Wildman–Crippen MR) is 44.6 cm³/mol. The molecule has 62 valence electrons. The van der Waals surface area contributed by atoms with E-state index in [1.54, 1.807) is 0 Å². The number of nitrogens with zero attached hydrogens (tertiary/aromatic N) is 2. The molecule has 0 aromatic carbocycles. The third kappa shape index (κ3) is 1.79. The van der Waals surface area contributed by atoms with E-state index >= 15 is 0 Å². The molecule has 1 heterocycles. The summed E-state index contributed by atoms with van der Waals surface area (Å²) in [4.78, 5) is 16.8. The van der Waals surface area contributed by atoms with Crippen molar-refractivity contribution in [1.82, 2.24) is 4.90 Å². The fraction of sp³-hybridized carbons (Fsp3) is 0.750. The van der Waals surface area contributed by atoms with Crippen LogP contribution in [-0.4, -0.2) is 29.7 Å². The first-order valence-electron chi connectivity index (χ1n) is 4.13. The summed E-state index contributed by atoms with van der Waals surface area (Å²) >= 11 is 0. The number of carbonyl (C=O) groups excluding carboxylic acids is 1. The second kappa shape index (κ2) is 3.51. The molecule has 0 N–H and O–H groups in total. The van der Waals surface area contributed by atoms with E-state index in [0.717, 1.165) is 25.3 Å². The zero-order valence-electron chi connectivity index (χ0n) is 7.13. The molecule has 3 nitrogen and oxygen atoms in total. The minimum atomic E-state index is 0.0342. The Morgan fingerprint density at radius 1 is 1.36 bits per heavy atom. The maximum absolute atomic E-state index is 10.8. The second-order valence-corrected chi connectivity index (χ2v) is 2.59. The molecular weight excluding hydrogens is 140 g/mol. The summed E-state index contributed by atoms with van der Waals surface area (Å²) in [6.45, 7) is 6.05. The SMILES string of the molecule is CCN(CC)C1=NC(=O)CC1. The number of rotatable bonds is 2. The van der Waals surface area contributed by atoms with Crippen LogP contribution in [0.3, 0.4) is 0 Å². The number of hydrogen-bond donors (Lipinski definition) is 0. The largest absolute Gasteiger partial charge is 0.360 e. The number of amidine groups is 1. The Labute approximate surface area is 67.1 Å². The Morgan fingerprint density at radius 2 is 2.00 bits per heavy atom. The highest BCUT2D eigenvalue weighted by atomic mass is 16.1. The van der Waals surface area contributed by atoms with E-state index in [2.05, 4.69) is 23.7 Å². The van der Waals surface area contributed by atoms with Crippen molar-refractivity contribution in [3.05, 3.63) is 0 Å². The Kier molecular flexibility index (Phi) is 2.63. The molecule has 0 aliphatic carbocycles. The van der Waals surface area contributed by atoms with E-state index in [1.807, 2.05) is 0 Å². The van der Waals surface area contributed by atoms with Crippen LogP contribution < -0.4 is 0 Å². The van der Waals surface area contributed by atoms with Gasteiger partial charge in [-0.1, -0.05) is 0 Å². The minimum Gasteiger partial charge on any atom is -0.360 e. The molecule has 1 aliphatic rings. The normalized spacial score (nSPS) is 16.9. The Hall–Kier alpha value is -0.860. The van der Waals surface area contributed by atoms with Crippen LogP contribution in [-0.2, 0) is 4.79 Å². The minimum absolute atomic E-state index is 0.0342. The summed E-state index contributed by atoms with van der Waals surface area (Å²) in [5, 5.41) is 0. The van der Waals surface area contributed by atoms with E-state index in [0.29, 0.717) is 6.42 Å². The zero-order valence-corrected chi connectivity index (χ0v) is 7.13. The van der Waals surface area contributed by atoms with Crippen molar-refractivity contribution in [1.29, 1.82) is 0 Å². The van der Waals surface area contributed by atoms with Crippen LogP contribution in [0.5, 0.6) is 0 Å². The van der Waals surface area contributed by atoms with Crippen LogP contribution in [0.25, 0.3) is 0 Å². The van der Waals surface area contributed by atoms with Crippen molar-refractivity contribution in [2.75, 3.05) is 13.1 Å². The molecule has 0 aromatic heterocycles. The van der Waals surface area contributed by atoms with Crippen LogP contribution in [0, 0.1) is 0 Å². The van der Waals surface area contributed by atoms with E-state index in [-0.39, 0.29) is 5.91 Å². The molecule has 0 radical (unpaired) electrons. The fourth-order valence-electron chi connectivity index (χ4n) is 1.29. The molecule has 0 aromatic rings. The maximum Gasteiger partial charge on any atom is 0.247 e. The predicted octanol–water partition coefficient (Wildman–Crippen LogP) is 1.05. The van der Waals surface area contributed by atoms with Crippen LogP contribution in [0.15, 0.2) is 4.99 Å². The molecule has 0 fully saturated rings. The Balaban J connectivity index is 2.58. The first-order chi connectivity index (χ1) is 5.27. The van der Waals surface area contributed by atoms with Crippen LogP contribution in [0.1, 0.15) is 26.7 Å². The van der Waals surface area contributed by atoms with Crippen molar-refractivity contribution < 1.29 is 4.79 Å². The molecule has 0 saturated carbocycles. The lowest BCUT2D eigenvalue weighted by Gasteiger charge is -2.19. The zero-order chi connectivity index (χ0) is 8.27. The van der Waals surface area contributed by atoms with Gasteiger partial charge in [0.2, 0.25) is 5.91 Å². The monoisotopic (exact) mass is 154 g/mol. The highest BCUT2D eigenvalue weighted by Gasteiger charge is 2.17. The van der Waals surface area contributed by atoms with Crippen LogP contribution in [0.2, 0.25) is 0 Å². The summed E-state index contributed by atoms with van der Waals surface area (Å²) in [5.41, 5.74) is 0. The van der Waals surface area contributed by atoms with Gasteiger partial charge in [0.25, 0.3) is 0 Å². The molecule has 0 atom stereocenters. The van der Waals surface area contributed by atoms with E-state index < -0.39 is 0 Å². The van der Waals surface area contributed by atoms with Crippen molar-refractivity contribution in [3.8, 4) is 0 Å². The molecule has 1 aliphatic heterocycles. The highest BCUT2D eigenvalue weighted by Crippen LogP contribution is 2.09. The van der Waals surface area contributed by atoms with Crippen molar-refractivity contribution >= 4 is 11.7 Å². The Bertz CT molecular complexity index is 183. The van der Waals surface area contributed by atoms with Gasteiger partial charge < -0.3 is 4.90 Å². The molecule has 1 amide bonds. The van der Waals surface area contributed by atoms with Gasteiger partial charge in [-0.3, -0.25) is 4.79 Å². The van der Waals surface area contributed by atoms with Gasteiger partial charge in [0, 0.05) is 25.9 Å². The lowest BCUT2D eigenvalue weighted by molar-refractivity contribution is -0.117. The molecule has 0 spiro atoms. The van der Waals surface area contributed by atoms with E-state index in [9.17, 15) is 4.79 Å². The fourth-order valence-corrected chi connectivity index (χ4v) is 1.29. The van der Waals surface area contributed by atoms with Gasteiger partial charge in [0.1, 0.15) is 5.84 Å². The van der Waals surface area contributed by atoms with Gasteiger partial charge in [-0.2, -0.15) is 0 Å². The van der Waals surface area contributed by atoms with Gasteiger partial charge >= 0.3 is 0 Å². The number of hydrogen-bond acceptors (Lipinski definition) is 2. The molecule has 0 unspecified atom stereocenters. The second-order valence-electron chi connectivity index (χ2n) is 2.59. The molecule has 0 saturated heterocycles. The highest BCUT2D eigenvalue weighted by molar-refractivity contribution is 6.00. The summed E-state index contributed by atoms with van der Waals surface area (Å²) in [5.74, 6) is 1.01. The van der Waals surface area contributed by atoms with Crippen LogP contribution in [0.4, 0.5) is 0 Å². The average molecular weight is 154 g/mol. The van der Waals surface area contributed by atoms with Gasteiger partial charge in [-0.25, -0.2) is 4.99 Å². The topological polar surface area (TPSA) is 32.7 Å². The summed E-state index contributed by atoms with van der Waals surface area (Å²) in [6.07, 6.45) is 1.44. The Morgan fingerprint density at radius 3 is 2.36 bits per heavy atom. The summed E-state index contributed by atoms with van der Waals surface area (Å²) < 4.78 is 0. The first-order valence-corrected chi connectivity index (χ1v) is 4.13. The third-order valence-corrected chi connectivity index (χ3v) is 1.94. The smallest absolute Gasteiger partial charge is 0.247 e. The van der Waals surface area contributed by atoms with E-state index in [4.69, 9.17) is 0 Å². The van der Waals surface area contributed by atoms with E-state index in [1.165, 1.54) is 0 Å². The molecule has 1 rings (SSSR count). The number of carbonyl (C=O) groups is 1. The average Bonchev–Trinajstić information content (AvgIpc) is 2.39. The number of aliphatic imine (C=N–C) groups is 1. The lowest BCUT2D eigenvalue weighted by Crippen LogP contribution is -2.28. The molecular formula is C8H14N2O. The van der Waals surface area contributed by atoms with Gasteiger partial charge in [-0.15, -0.1) is 0 Å².